The van der Waals surface area contributed by atoms with Gasteiger partial charge in [0.25, 0.3) is 0 Å². The third kappa shape index (κ3) is 4.77. The molecule has 2 atom stereocenters. The summed E-state index contributed by atoms with van der Waals surface area (Å²) in [5.41, 5.74) is 0.269. The van der Waals surface area contributed by atoms with E-state index < -0.39 is 5.60 Å². The molecule has 0 aliphatic carbocycles. The normalized spacial score (nSPS) is 16.3. The van der Waals surface area contributed by atoms with E-state index >= 15 is 0 Å². The number of nitrogens with one attached hydrogen (secondary N) is 1. The smallest absolute Gasteiger partial charge is 0.0743 e. The molecule has 0 radical (unpaired) electrons. The van der Waals surface area contributed by atoms with Crippen molar-refractivity contribution in [3.63, 3.8) is 0 Å². The molecule has 0 heterocycles. The Morgan fingerprint density at radius 1 is 1.39 bits per heavy atom. The largest absolute Gasteiger partial charge is 0.389 e. The van der Waals surface area contributed by atoms with Crippen LogP contribution in [0.2, 0.25) is 10.0 Å². The van der Waals surface area contributed by atoms with Crippen molar-refractivity contribution >= 4 is 23.2 Å². The summed E-state index contributed by atoms with van der Waals surface area (Å²) in [7, 11) is 0. The number of hydrogen-bond acceptors (Lipinski definition) is 2. The fraction of sp³-hybridized carbons (Fsp3) is 0.571. The van der Waals surface area contributed by atoms with Crippen LogP contribution in [0, 0.1) is 0 Å². The van der Waals surface area contributed by atoms with E-state index in [1.54, 1.807) is 12.1 Å². The van der Waals surface area contributed by atoms with Crippen LogP contribution in [0.25, 0.3) is 0 Å². The minimum Gasteiger partial charge on any atom is -0.389 e. The Balaban J connectivity index is 2.65. The summed E-state index contributed by atoms with van der Waals surface area (Å²) in [6, 6.07) is 5.48. The summed E-state index contributed by atoms with van der Waals surface area (Å²) in [6.07, 6.45) is 1.73. The summed E-state index contributed by atoms with van der Waals surface area (Å²) in [5.74, 6) is 0. The monoisotopic (exact) mass is 289 g/mol. The van der Waals surface area contributed by atoms with E-state index in [-0.39, 0.29) is 6.04 Å². The van der Waals surface area contributed by atoms with Crippen molar-refractivity contribution in [2.24, 2.45) is 0 Å². The molecule has 0 aliphatic rings. The van der Waals surface area contributed by atoms with Gasteiger partial charge in [-0.1, -0.05) is 36.5 Å². The van der Waals surface area contributed by atoms with Crippen LogP contribution in [0.4, 0.5) is 0 Å². The van der Waals surface area contributed by atoms with Crippen molar-refractivity contribution in [3.05, 3.63) is 33.8 Å². The molecule has 1 rings (SSSR count). The molecule has 0 saturated carbocycles. The van der Waals surface area contributed by atoms with E-state index in [1.165, 1.54) is 0 Å². The molecule has 0 saturated heterocycles. The van der Waals surface area contributed by atoms with E-state index in [1.807, 2.05) is 19.9 Å². The third-order valence-electron chi connectivity index (χ3n) is 3.00. The van der Waals surface area contributed by atoms with Crippen molar-refractivity contribution in [3.8, 4) is 0 Å². The molecule has 0 aliphatic heterocycles. The van der Waals surface area contributed by atoms with Gasteiger partial charge in [0.05, 0.1) is 5.60 Å². The highest BCUT2D eigenvalue weighted by molar-refractivity contribution is 6.33. The van der Waals surface area contributed by atoms with Gasteiger partial charge in [-0.3, -0.25) is 0 Å². The van der Waals surface area contributed by atoms with E-state index in [2.05, 4.69) is 12.2 Å². The Morgan fingerprint density at radius 2 is 2.06 bits per heavy atom. The zero-order chi connectivity index (χ0) is 13.8. The highest BCUT2D eigenvalue weighted by atomic mass is 35.5. The summed E-state index contributed by atoms with van der Waals surface area (Å²) >= 11 is 12.1. The lowest BCUT2D eigenvalue weighted by Crippen LogP contribution is -2.38. The minimum absolute atomic E-state index is 0.0551. The molecule has 2 unspecified atom stereocenters. The van der Waals surface area contributed by atoms with Gasteiger partial charge >= 0.3 is 0 Å². The molecule has 0 spiro atoms. The predicted molar refractivity (Wildman–Crippen MR) is 78.4 cm³/mol. The second-order valence-electron chi connectivity index (χ2n) is 5.02. The predicted octanol–water partition coefficient (Wildman–Crippen LogP) is 4.20. The second kappa shape index (κ2) is 6.76. The van der Waals surface area contributed by atoms with Crippen LogP contribution < -0.4 is 5.32 Å². The van der Waals surface area contributed by atoms with Crippen molar-refractivity contribution in [2.45, 2.75) is 45.3 Å². The number of halogens is 2. The summed E-state index contributed by atoms with van der Waals surface area (Å²) < 4.78 is 0. The van der Waals surface area contributed by atoms with Gasteiger partial charge < -0.3 is 10.4 Å². The molecule has 102 valence electrons. The zero-order valence-electron chi connectivity index (χ0n) is 11.1. The number of rotatable bonds is 6. The molecule has 18 heavy (non-hydrogen) atoms. The van der Waals surface area contributed by atoms with Gasteiger partial charge in [0.1, 0.15) is 0 Å². The van der Waals surface area contributed by atoms with E-state index in [0.717, 1.165) is 18.4 Å². The number of aliphatic hydroxyl groups is 1. The average molecular weight is 290 g/mol. The lowest BCUT2D eigenvalue weighted by molar-refractivity contribution is 0.0477. The summed E-state index contributed by atoms with van der Waals surface area (Å²) in [4.78, 5) is 0. The van der Waals surface area contributed by atoms with Gasteiger partial charge in [-0.2, -0.15) is 0 Å². The molecule has 4 heteroatoms. The van der Waals surface area contributed by atoms with Gasteiger partial charge in [-0.15, -0.1) is 0 Å². The Kier molecular flexibility index (Phi) is 5.93. The Hall–Kier alpha value is -0.280. The van der Waals surface area contributed by atoms with Crippen molar-refractivity contribution < 1.29 is 5.11 Å². The quantitative estimate of drug-likeness (QED) is 0.823. The van der Waals surface area contributed by atoms with E-state index in [9.17, 15) is 5.11 Å². The van der Waals surface area contributed by atoms with Gasteiger partial charge in [0, 0.05) is 22.6 Å². The van der Waals surface area contributed by atoms with E-state index in [0.29, 0.717) is 16.6 Å². The lowest BCUT2D eigenvalue weighted by atomic mass is 9.99. The minimum atomic E-state index is -0.686. The molecule has 0 fully saturated rings. The van der Waals surface area contributed by atoms with Crippen LogP contribution in [-0.4, -0.2) is 17.3 Å². The Morgan fingerprint density at radius 3 is 2.67 bits per heavy atom. The first-order chi connectivity index (χ1) is 8.35. The topological polar surface area (TPSA) is 32.3 Å². The molecule has 1 aromatic rings. The molecular formula is C14H21Cl2NO. The van der Waals surface area contributed by atoms with Crippen LogP contribution in [0.15, 0.2) is 18.2 Å². The molecular weight excluding hydrogens is 269 g/mol. The highest BCUT2D eigenvalue weighted by Gasteiger charge is 2.20. The Bertz CT molecular complexity index is 393. The first-order valence-electron chi connectivity index (χ1n) is 6.26. The maximum Gasteiger partial charge on any atom is 0.0743 e. The Labute approximate surface area is 119 Å². The summed E-state index contributed by atoms with van der Waals surface area (Å²) in [5, 5.41) is 14.8. The fourth-order valence-corrected chi connectivity index (χ4v) is 2.42. The first kappa shape index (κ1) is 15.8. The SMILES string of the molecule is CCCC(C)(O)CNC(C)c1cc(Cl)ccc1Cl. The van der Waals surface area contributed by atoms with Gasteiger partial charge in [0.2, 0.25) is 0 Å². The molecule has 2 N–H and O–H groups in total. The van der Waals surface area contributed by atoms with Crippen molar-refractivity contribution in [1.82, 2.24) is 5.32 Å². The fourth-order valence-electron chi connectivity index (χ4n) is 1.96. The van der Waals surface area contributed by atoms with Crippen LogP contribution in [0.5, 0.6) is 0 Å². The average Bonchev–Trinajstić information content (AvgIpc) is 2.29. The maximum absolute atomic E-state index is 10.1. The standard InChI is InChI=1S/C14H21Cl2NO/c1-4-7-14(3,18)9-17-10(2)12-8-11(15)5-6-13(12)16/h5-6,8,10,17-18H,4,7,9H2,1-3H3. The molecule has 2 nitrogen and oxygen atoms in total. The molecule has 1 aromatic carbocycles. The number of hydrogen-bond donors (Lipinski definition) is 2. The molecule has 0 aromatic heterocycles. The molecule has 0 amide bonds. The van der Waals surface area contributed by atoms with Crippen molar-refractivity contribution in [2.75, 3.05) is 6.54 Å². The maximum atomic E-state index is 10.1. The molecule has 0 bridgehead atoms. The first-order valence-corrected chi connectivity index (χ1v) is 7.02. The van der Waals surface area contributed by atoms with Crippen LogP contribution >= 0.6 is 23.2 Å². The van der Waals surface area contributed by atoms with Crippen LogP contribution in [-0.2, 0) is 0 Å². The summed E-state index contributed by atoms with van der Waals surface area (Å²) in [6.45, 7) is 6.45. The third-order valence-corrected chi connectivity index (χ3v) is 3.58. The second-order valence-corrected chi connectivity index (χ2v) is 5.86. The van der Waals surface area contributed by atoms with Gasteiger partial charge in [-0.05, 0) is 44.0 Å². The highest BCUT2D eigenvalue weighted by Crippen LogP contribution is 2.26. The number of benzene rings is 1. The van der Waals surface area contributed by atoms with Crippen molar-refractivity contribution in [1.29, 1.82) is 0 Å². The van der Waals surface area contributed by atoms with Crippen LogP contribution in [0.3, 0.4) is 0 Å². The zero-order valence-corrected chi connectivity index (χ0v) is 12.6. The lowest BCUT2D eigenvalue weighted by Gasteiger charge is -2.26. The van der Waals surface area contributed by atoms with E-state index in [4.69, 9.17) is 23.2 Å². The van der Waals surface area contributed by atoms with Gasteiger partial charge in [0.15, 0.2) is 0 Å². The van der Waals surface area contributed by atoms with Crippen LogP contribution in [0.1, 0.15) is 45.2 Å². The van der Waals surface area contributed by atoms with Gasteiger partial charge in [-0.25, -0.2) is 0 Å².